The van der Waals surface area contributed by atoms with E-state index in [0.717, 1.165) is 31.1 Å². The van der Waals surface area contributed by atoms with Crippen molar-refractivity contribution in [1.29, 1.82) is 0 Å². The summed E-state index contributed by atoms with van der Waals surface area (Å²) in [5, 5.41) is 5.96. The number of nitrogens with zero attached hydrogens (tertiary/aromatic N) is 4. The summed E-state index contributed by atoms with van der Waals surface area (Å²) in [5.74, 6) is 0.870. The molecule has 0 bridgehead atoms. The Morgan fingerprint density at radius 1 is 1.03 bits per heavy atom. The minimum Gasteiger partial charge on any atom is -0.372 e. The number of anilines is 3. The second-order valence-electron chi connectivity index (χ2n) is 9.45. The quantitative estimate of drug-likeness (QED) is 0.566. The van der Waals surface area contributed by atoms with Gasteiger partial charge in [0.05, 0.1) is 0 Å². The van der Waals surface area contributed by atoms with Gasteiger partial charge in [-0.15, -0.1) is 0 Å². The number of alkyl halides is 3. The van der Waals surface area contributed by atoms with Crippen molar-refractivity contribution in [2.24, 2.45) is 11.8 Å². The van der Waals surface area contributed by atoms with Crippen molar-refractivity contribution >= 4 is 34.8 Å². The molecule has 1 aromatic heterocycles. The SMILES string of the molecule is C[C@@H]1C[C@H](C)CN(c2cc(C(F)(F)F)nc(NC(=S)NCc3ccc(N4CCCC4)cc3)n2)C1. The maximum Gasteiger partial charge on any atom is 0.433 e. The predicted molar refractivity (Wildman–Crippen MR) is 133 cm³/mol. The normalized spacial score (nSPS) is 21.0. The number of rotatable bonds is 5. The van der Waals surface area contributed by atoms with Crippen LogP contribution in [-0.2, 0) is 12.7 Å². The first-order chi connectivity index (χ1) is 16.2. The molecule has 2 atom stereocenters. The van der Waals surface area contributed by atoms with E-state index in [0.29, 0.717) is 31.5 Å². The Bertz CT molecular complexity index is 981. The molecule has 0 amide bonds. The van der Waals surface area contributed by atoms with Crippen molar-refractivity contribution < 1.29 is 13.2 Å². The monoisotopic (exact) mass is 492 g/mol. The molecule has 10 heteroatoms. The molecule has 2 aliphatic heterocycles. The smallest absolute Gasteiger partial charge is 0.372 e. The largest absolute Gasteiger partial charge is 0.433 e. The summed E-state index contributed by atoms with van der Waals surface area (Å²) < 4.78 is 40.6. The van der Waals surface area contributed by atoms with Crippen molar-refractivity contribution in [3.63, 3.8) is 0 Å². The van der Waals surface area contributed by atoms with Gasteiger partial charge < -0.3 is 20.4 Å². The highest BCUT2D eigenvalue weighted by Crippen LogP contribution is 2.32. The second kappa shape index (κ2) is 10.3. The van der Waals surface area contributed by atoms with Crippen LogP contribution in [-0.4, -0.2) is 41.3 Å². The fraction of sp³-hybridized carbons (Fsp3) is 0.542. The fourth-order valence-electron chi connectivity index (χ4n) is 4.78. The number of nitrogens with one attached hydrogen (secondary N) is 2. The van der Waals surface area contributed by atoms with Gasteiger partial charge in [0.15, 0.2) is 10.8 Å². The molecule has 2 N–H and O–H groups in total. The highest BCUT2D eigenvalue weighted by atomic mass is 32.1. The number of halogens is 3. The lowest BCUT2D eigenvalue weighted by Crippen LogP contribution is -2.39. The van der Waals surface area contributed by atoms with Crippen LogP contribution in [0.15, 0.2) is 30.3 Å². The Balaban J connectivity index is 1.42. The molecule has 1 aromatic carbocycles. The number of aromatic nitrogens is 2. The summed E-state index contributed by atoms with van der Waals surface area (Å²) in [6.45, 7) is 8.13. The molecule has 0 aliphatic carbocycles. The van der Waals surface area contributed by atoms with Crippen LogP contribution < -0.4 is 20.4 Å². The third-order valence-electron chi connectivity index (χ3n) is 6.28. The molecule has 4 rings (SSSR count). The van der Waals surface area contributed by atoms with Gasteiger partial charge in [-0.1, -0.05) is 26.0 Å². The van der Waals surface area contributed by atoms with Crippen molar-refractivity contribution in [1.82, 2.24) is 15.3 Å². The first-order valence-electron chi connectivity index (χ1n) is 11.8. The molecule has 34 heavy (non-hydrogen) atoms. The molecule has 0 spiro atoms. The van der Waals surface area contributed by atoms with Crippen LogP contribution in [0.5, 0.6) is 0 Å². The van der Waals surface area contributed by atoms with E-state index in [-0.39, 0.29) is 16.9 Å². The fourth-order valence-corrected chi connectivity index (χ4v) is 4.94. The van der Waals surface area contributed by atoms with E-state index in [1.54, 1.807) is 0 Å². The van der Waals surface area contributed by atoms with Crippen LogP contribution in [0.4, 0.5) is 30.6 Å². The Kier molecular flexibility index (Phi) is 7.45. The minimum atomic E-state index is -4.58. The summed E-state index contributed by atoms with van der Waals surface area (Å²) in [6.07, 6.45) is -1.09. The molecular formula is C24H31F3N6S. The van der Waals surface area contributed by atoms with E-state index in [1.165, 1.54) is 18.5 Å². The van der Waals surface area contributed by atoms with Crippen molar-refractivity contribution in [3.8, 4) is 0 Å². The number of hydrogen-bond donors (Lipinski definition) is 2. The number of hydrogen-bond acceptors (Lipinski definition) is 5. The third kappa shape index (κ3) is 6.28. The van der Waals surface area contributed by atoms with Gasteiger partial charge in [0.25, 0.3) is 0 Å². The lowest BCUT2D eigenvalue weighted by atomic mass is 9.92. The summed E-state index contributed by atoms with van der Waals surface area (Å²) in [5.41, 5.74) is 1.24. The molecule has 2 aromatic rings. The van der Waals surface area contributed by atoms with Gasteiger partial charge in [0, 0.05) is 44.5 Å². The van der Waals surface area contributed by atoms with Crippen LogP contribution in [0, 0.1) is 11.8 Å². The summed E-state index contributed by atoms with van der Waals surface area (Å²) in [4.78, 5) is 12.3. The predicted octanol–water partition coefficient (Wildman–Crippen LogP) is 5.06. The maximum atomic E-state index is 13.5. The van der Waals surface area contributed by atoms with Crippen LogP contribution in [0.25, 0.3) is 0 Å². The molecule has 0 saturated carbocycles. The van der Waals surface area contributed by atoms with Crippen LogP contribution in [0.2, 0.25) is 0 Å². The standard InChI is InChI=1S/C24H31F3N6S/c1-16-11-17(2)15-33(14-16)21-12-20(24(25,26)27)29-22(30-21)31-23(34)28-13-18-5-7-19(8-6-18)32-9-3-4-10-32/h5-8,12,16-17H,3-4,9-11,13-15H2,1-2H3,(H2,28,29,30,31,34)/t16-,17+. The summed E-state index contributed by atoms with van der Waals surface area (Å²) in [6, 6.07) is 9.25. The minimum absolute atomic E-state index is 0.155. The Hall–Kier alpha value is -2.62. The topological polar surface area (TPSA) is 56.3 Å². The zero-order valence-corrected chi connectivity index (χ0v) is 20.3. The van der Waals surface area contributed by atoms with Crippen molar-refractivity contribution in [3.05, 3.63) is 41.6 Å². The molecule has 0 radical (unpaired) electrons. The van der Waals surface area contributed by atoms with Crippen molar-refractivity contribution in [2.75, 3.05) is 41.3 Å². The van der Waals surface area contributed by atoms with Gasteiger partial charge in [-0.3, -0.25) is 0 Å². The molecule has 3 heterocycles. The van der Waals surface area contributed by atoms with Gasteiger partial charge in [0.2, 0.25) is 5.95 Å². The van der Waals surface area contributed by atoms with E-state index in [9.17, 15) is 13.2 Å². The molecule has 6 nitrogen and oxygen atoms in total. The van der Waals surface area contributed by atoms with Gasteiger partial charge in [-0.05, 0) is 61.0 Å². The maximum absolute atomic E-state index is 13.5. The lowest BCUT2D eigenvalue weighted by molar-refractivity contribution is -0.141. The summed E-state index contributed by atoms with van der Waals surface area (Å²) in [7, 11) is 0. The number of benzene rings is 1. The van der Waals surface area contributed by atoms with Crippen molar-refractivity contribution in [2.45, 2.75) is 45.8 Å². The third-order valence-corrected chi connectivity index (χ3v) is 6.53. The Labute approximate surface area is 204 Å². The average Bonchev–Trinajstić information content (AvgIpc) is 3.32. The zero-order chi connectivity index (χ0) is 24.3. The molecule has 184 valence electrons. The number of thiocarbonyl (C=S) groups is 1. The Morgan fingerprint density at radius 3 is 2.29 bits per heavy atom. The lowest BCUT2D eigenvalue weighted by Gasteiger charge is -2.36. The Morgan fingerprint density at radius 2 is 1.68 bits per heavy atom. The van der Waals surface area contributed by atoms with Gasteiger partial charge in [-0.2, -0.15) is 18.2 Å². The average molecular weight is 493 g/mol. The molecule has 2 saturated heterocycles. The zero-order valence-electron chi connectivity index (χ0n) is 19.5. The highest BCUT2D eigenvalue weighted by molar-refractivity contribution is 7.80. The van der Waals surface area contributed by atoms with E-state index in [1.807, 2.05) is 17.0 Å². The van der Waals surface area contributed by atoms with Crippen LogP contribution in [0.1, 0.15) is 44.4 Å². The molecule has 2 aliphatic rings. The van der Waals surface area contributed by atoms with Gasteiger partial charge in [0.1, 0.15) is 5.82 Å². The first-order valence-corrected chi connectivity index (χ1v) is 12.2. The number of piperidine rings is 1. The first kappa shape index (κ1) is 24.5. The summed E-state index contributed by atoms with van der Waals surface area (Å²) >= 11 is 5.32. The van der Waals surface area contributed by atoms with Gasteiger partial charge in [-0.25, -0.2) is 4.98 Å². The van der Waals surface area contributed by atoms with E-state index >= 15 is 0 Å². The molecular weight excluding hydrogens is 461 g/mol. The molecule has 2 fully saturated rings. The van der Waals surface area contributed by atoms with Gasteiger partial charge >= 0.3 is 6.18 Å². The van der Waals surface area contributed by atoms with Crippen LogP contribution >= 0.6 is 12.2 Å². The highest BCUT2D eigenvalue weighted by Gasteiger charge is 2.35. The second-order valence-corrected chi connectivity index (χ2v) is 9.86. The van der Waals surface area contributed by atoms with E-state index in [2.05, 4.69) is 51.5 Å². The molecule has 0 unspecified atom stereocenters. The van der Waals surface area contributed by atoms with E-state index < -0.39 is 11.9 Å². The van der Waals surface area contributed by atoms with Crippen LogP contribution in [0.3, 0.4) is 0 Å². The van der Waals surface area contributed by atoms with E-state index in [4.69, 9.17) is 12.2 Å².